The van der Waals surface area contributed by atoms with E-state index in [1.165, 1.54) is 16.6 Å². The minimum Gasteiger partial charge on any atom is -0.505 e. The number of aryl methyl sites for hydroxylation is 1. The Morgan fingerprint density at radius 3 is 2.48 bits per heavy atom. The summed E-state index contributed by atoms with van der Waals surface area (Å²) in [4.78, 5) is 4.29. The summed E-state index contributed by atoms with van der Waals surface area (Å²) >= 11 is 0. The number of hydrogen-bond donors (Lipinski definition) is 1. The summed E-state index contributed by atoms with van der Waals surface area (Å²) in [5, 5.41) is 10.6. The van der Waals surface area contributed by atoms with Crippen molar-refractivity contribution in [1.82, 2.24) is 9.29 Å². The van der Waals surface area contributed by atoms with Crippen molar-refractivity contribution in [2.24, 2.45) is 0 Å². The smallest absolute Gasteiger partial charge is 0.244 e. The molecule has 0 unspecified atom stereocenters. The second-order valence-electron chi connectivity index (χ2n) is 6.05. The third-order valence-corrected chi connectivity index (χ3v) is 6.47. The summed E-state index contributed by atoms with van der Waals surface area (Å²) in [5.74, 6) is 0.00770. The van der Waals surface area contributed by atoms with Crippen LogP contribution in [0.25, 0.3) is 10.9 Å². The number of hydrogen-bond acceptors (Lipinski definition) is 4. The van der Waals surface area contributed by atoms with Crippen molar-refractivity contribution in [3.8, 4) is 5.75 Å². The van der Waals surface area contributed by atoms with Crippen LogP contribution in [-0.4, -0.2) is 29.9 Å². The monoisotopic (exact) mass is 356 g/mol. The normalized spacial score (nSPS) is 13.3. The number of nitrogens with zero attached hydrogens (tertiary/aromatic N) is 2. The number of phenolic OH excluding ortho intramolecular Hbond substituents is 1. The van der Waals surface area contributed by atoms with Gasteiger partial charge in [0, 0.05) is 24.7 Å². The predicted molar refractivity (Wildman–Crippen MR) is 98.0 cm³/mol. The Bertz CT molecular complexity index is 1020. The highest BCUT2D eigenvalue weighted by atomic mass is 32.2. The maximum Gasteiger partial charge on any atom is 0.244 e. The Hall–Kier alpha value is -2.44. The third-order valence-electron chi connectivity index (χ3n) is 4.50. The molecule has 1 atom stereocenters. The maximum atomic E-state index is 13.2. The van der Waals surface area contributed by atoms with Crippen LogP contribution in [0.1, 0.15) is 24.1 Å². The van der Waals surface area contributed by atoms with Crippen molar-refractivity contribution in [2.45, 2.75) is 24.8 Å². The highest BCUT2D eigenvalue weighted by Crippen LogP contribution is 2.35. The zero-order valence-electron chi connectivity index (χ0n) is 14.3. The molecule has 3 rings (SSSR count). The van der Waals surface area contributed by atoms with E-state index < -0.39 is 10.0 Å². The summed E-state index contributed by atoms with van der Waals surface area (Å²) in [6.07, 6.45) is 1.54. The molecular weight excluding hydrogens is 336 g/mol. The third kappa shape index (κ3) is 2.99. The fourth-order valence-electron chi connectivity index (χ4n) is 2.84. The molecule has 0 amide bonds. The molecule has 130 valence electrons. The Balaban J connectivity index is 2.15. The topological polar surface area (TPSA) is 70.5 Å². The van der Waals surface area contributed by atoms with Crippen molar-refractivity contribution >= 4 is 20.9 Å². The number of sulfonamides is 1. The van der Waals surface area contributed by atoms with E-state index in [-0.39, 0.29) is 16.7 Å². The molecule has 25 heavy (non-hydrogen) atoms. The van der Waals surface area contributed by atoms with Gasteiger partial charge in [0.05, 0.1) is 4.90 Å². The average molecular weight is 356 g/mol. The number of benzene rings is 2. The van der Waals surface area contributed by atoms with Crippen molar-refractivity contribution in [2.75, 3.05) is 7.05 Å². The van der Waals surface area contributed by atoms with Crippen LogP contribution in [-0.2, 0) is 10.0 Å². The van der Waals surface area contributed by atoms with E-state index in [1.807, 2.05) is 37.3 Å². The average Bonchev–Trinajstić information content (AvgIpc) is 2.64. The second-order valence-corrected chi connectivity index (χ2v) is 8.01. The first-order valence-electron chi connectivity index (χ1n) is 7.94. The molecule has 0 fully saturated rings. The quantitative estimate of drug-likeness (QED) is 0.775. The molecule has 0 bridgehead atoms. The van der Waals surface area contributed by atoms with Crippen LogP contribution in [0, 0.1) is 6.92 Å². The molecule has 0 saturated heterocycles. The molecule has 5 nitrogen and oxygen atoms in total. The van der Waals surface area contributed by atoms with Gasteiger partial charge in [0.25, 0.3) is 0 Å². The summed E-state index contributed by atoms with van der Waals surface area (Å²) in [6.45, 7) is 3.52. The van der Waals surface area contributed by atoms with Gasteiger partial charge in [0.1, 0.15) is 11.3 Å². The molecule has 0 aliphatic rings. The molecule has 1 aromatic heterocycles. The largest absolute Gasteiger partial charge is 0.505 e. The second kappa shape index (κ2) is 6.46. The van der Waals surface area contributed by atoms with Gasteiger partial charge in [-0.3, -0.25) is 4.98 Å². The number of aromatic hydroxyl groups is 1. The van der Waals surface area contributed by atoms with Crippen LogP contribution in [0.2, 0.25) is 0 Å². The molecule has 3 aromatic rings. The lowest BCUT2D eigenvalue weighted by Gasteiger charge is -2.25. The zero-order valence-corrected chi connectivity index (χ0v) is 15.2. The van der Waals surface area contributed by atoms with Gasteiger partial charge in [-0.25, -0.2) is 8.42 Å². The molecule has 6 heteroatoms. The van der Waals surface area contributed by atoms with Crippen LogP contribution < -0.4 is 0 Å². The van der Waals surface area contributed by atoms with E-state index >= 15 is 0 Å². The van der Waals surface area contributed by atoms with Gasteiger partial charge in [-0.1, -0.05) is 30.3 Å². The standard InChI is InChI=1S/C19H20N2O3S/c1-13-12-17(16-10-7-11-20-18(16)19(13)22)25(23,24)21(3)14(2)15-8-5-4-6-9-15/h4-12,14,22H,1-3H3/t14-/m1/s1. The highest BCUT2D eigenvalue weighted by molar-refractivity contribution is 7.89. The van der Waals surface area contributed by atoms with Gasteiger partial charge in [-0.2, -0.15) is 4.31 Å². The number of fused-ring (bicyclic) bond motifs is 1. The molecule has 1 N–H and O–H groups in total. The number of phenols is 1. The molecule has 0 radical (unpaired) electrons. The first-order valence-corrected chi connectivity index (χ1v) is 9.38. The maximum absolute atomic E-state index is 13.2. The van der Waals surface area contributed by atoms with Gasteiger partial charge in [-0.05, 0) is 43.2 Å². The fraction of sp³-hybridized carbons (Fsp3) is 0.211. The Kier molecular flexibility index (Phi) is 4.49. The number of rotatable bonds is 4. The van der Waals surface area contributed by atoms with Crippen molar-refractivity contribution < 1.29 is 13.5 Å². The molecule has 2 aromatic carbocycles. The number of pyridine rings is 1. The van der Waals surface area contributed by atoms with E-state index in [2.05, 4.69) is 4.98 Å². The molecule has 0 aliphatic carbocycles. The molecular formula is C19H20N2O3S. The van der Waals surface area contributed by atoms with Gasteiger partial charge in [0.2, 0.25) is 10.0 Å². The minimum absolute atomic E-state index is 0.00770. The minimum atomic E-state index is -3.77. The summed E-state index contributed by atoms with van der Waals surface area (Å²) in [7, 11) is -2.20. The van der Waals surface area contributed by atoms with Gasteiger partial charge in [-0.15, -0.1) is 0 Å². The fourth-order valence-corrected chi connectivity index (χ4v) is 4.46. The SMILES string of the molecule is Cc1cc(S(=O)(=O)N(C)[C@H](C)c2ccccc2)c2cccnc2c1O. The van der Waals surface area contributed by atoms with Crippen molar-refractivity contribution in [1.29, 1.82) is 0 Å². The first-order chi connectivity index (χ1) is 11.8. The molecule has 0 spiro atoms. The van der Waals surface area contributed by atoms with Crippen LogP contribution >= 0.6 is 0 Å². The Labute approximate surface area is 147 Å². The van der Waals surface area contributed by atoms with E-state index in [0.29, 0.717) is 16.5 Å². The van der Waals surface area contributed by atoms with E-state index in [1.54, 1.807) is 26.1 Å². The van der Waals surface area contributed by atoms with Crippen LogP contribution in [0.15, 0.2) is 59.6 Å². The lowest BCUT2D eigenvalue weighted by molar-refractivity contribution is 0.399. The van der Waals surface area contributed by atoms with E-state index in [9.17, 15) is 13.5 Å². The number of aromatic nitrogens is 1. The Morgan fingerprint density at radius 2 is 1.80 bits per heavy atom. The lowest BCUT2D eigenvalue weighted by Crippen LogP contribution is -2.30. The van der Waals surface area contributed by atoms with Gasteiger partial charge >= 0.3 is 0 Å². The first kappa shape index (κ1) is 17.4. The molecule has 1 heterocycles. The van der Waals surface area contributed by atoms with Crippen LogP contribution in [0.4, 0.5) is 0 Å². The summed E-state index contributed by atoms with van der Waals surface area (Å²) < 4.78 is 27.8. The molecule has 0 aliphatic heterocycles. The lowest BCUT2D eigenvalue weighted by atomic mass is 10.1. The molecule has 0 saturated carbocycles. The van der Waals surface area contributed by atoms with E-state index in [0.717, 1.165) is 5.56 Å². The Morgan fingerprint density at radius 1 is 1.12 bits per heavy atom. The summed E-state index contributed by atoms with van der Waals surface area (Å²) in [6, 6.07) is 14.0. The zero-order chi connectivity index (χ0) is 18.2. The van der Waals surface area contributed by atoms with Gasteiger partial charge < -0.3 is 5.11 Å². The summed E-state index contributed by atoms with van der Waals surface area (Å²) in [5.41, 5.74) is 1.68. The van der Waals surface area contributed by atoms with Crippen molar-refractivity contribution in [3.63, 3.8) is 0 Å². The highest BCUT2D eigenvalue weighted by Gasteiger charge is 2.29. The van der Waals surface area contributed by atoms with E-state index in [4.69, 9.17) is 0 Å². The van der Waals surface area contributed by atoms with Crippen molar-refractivity contribution in [3.05, 3.63) is 65.9 Å². The van der Waals surface area contributed by atoms with Gasteiger partial charge in [0.15, 0.2) is 0 Å². The van der Waals surface area contributed by atoms with Crippen LogP contribution in [0.3, 0.4) is 0 Å². The predicted octanol–water partition coefficient (Wildman–Crippen LogP) is 3.63. The van der Waals surface area contributed by atoms with Crippen LogP contribution in [0.5, 0.6) is 5.75 Å².